The van der Waals surface area contributed by atoms with E-state index in [0.717, 1.165) is 75.9 Å². The molecule has 3 aliphatic rings. The van der Waals surface area contributed by atoms with Gasteiger partial charge in [-0.15, -0.1) is 0 Å². The molecule has 3 aliphatic heterocycles. The van der Waals surface area contributed by atoms with Gasteiger partial charge in [0.2, 0.25) is 5.91 Å². The van der Waals surface area contributed by atoms with E-state index >= 15 is 0 Å². The highest BCUT2D eigenvalue weighted by Gasteiger charge is 2.29. The monoisotopic (exact) mass is 436 g/mol. The van der Waals surface area contributed by atoms with Gasteiger partial charge in [0.1, 0.15) is 5.75 Å². The van der Waals surface area contributed by atoms with Crippen LogP contribution in [-0.2, 0) is 11.2 Å². The van der Waals surface area contributed by atoms with E-state index in [4.69, 9.17) is 15.2 Å². The summed E-state index contributed by atoms with van der Waals surface area (Å²) in [5, 5.41) is 0. The standard InChI is InChI=1S/C25H32N4O3/c1-27-7-9-29(10-8-27)23-3-2-4-24-22(23)15-18(17-32-24)21-16-19(5-6-20(21)25(26)30)28-11-13-31-14-12-28/h2-6,16,18H,7-15,17H2,1H3,(H2,26,30). The molecule has 2 fully saturated rings. The summed E-state index contributed by atoms with van der Waals surface area (Å²) in [6, 6.07) is 12.4. The number of rotatable bonds is 4. The molecule has 0 spiro atoms. The zero-order valence-corrected chi connectivity index (χ0v) is 18.8. The lowest BCUT2D eigenvalue weighted by Gasteiger charge is -2.37. The number of carbonyl (C=O) groups excluding carboxylic acids is 1. The van der Waals surface area contributed by atoms with E-state index in [1.165, 1.54) is 11.3 Å². The Kier molecular flexibility index (Phi) is 5.93. The summed E-state index contributed by atoms with van der Waals surface area (Å²) in [6.07, 6.45) is 0.838. The van der Waals surface area contributed by atoms with Crippen LogP contribution in [0.5, 0.6) is 5.75 Å². The van der Waals surface area contributed by atoms with Gasteiger partial charge in [-0.05, 0) is 49.4 Å². The molecule has 1 unspecified atom stereocenters. The Labute approximate surface area is 189 Å². The number of ether oxygens (including phenoxy) is 2. The van der Waals surface area contributed by atoms with Crippen molar-refractivity contribution < 1.29 is 14.3 Å². The first-order chi connectivity index (χ1) is 15.6. The molecule has 2 aromatic rings. The van der Waals surface area contributed by atoms with Gasteiger partial charge in [0.15, 0.2) is 0 Å². The second-order valence-corrected chi connectivity index (χ2v) is 8.99. The molecule has 7 nitrogen and oxygen atoms in total. The van der Waals surface area contributed by atoms with Crippen LogP contribution < -0.4 is 20.3 Å². The number of anilines is 2. The Morgan fingerprint density at radius 3 is 2.53 bits per heavy atom. The van der Waals surface area contributed by atoms with Gasteiger partial charge < -0.3 is 29.9 Å². The molecule has 0 radical (unpaired) electrons. The molecular weight excluding hydrogens is 404 g/mol. The van der Waals surface area contributed by atoms with Crippen molar-refractivity contribution in [2.24, 2.45) is 5.73 Å². The van der Waals surface area contributed by atoms with Crippen molar-refractivity contribution in [2.75, 3.05) is 75.9 Å². The summed E-state index contributed by atoms with van der Waals surface area (Å²) in [5.41, 5.74) is 11.0. The van der Waals surface area contributed by atoms with Gasteiger partial charge >= 0.3 is 0 Å². The van der Waals surface area contributed by atoms with Crippen LogP contribution in [0.4, 0.5) is 11.4 Å². The van der Waals surface area contributed by atoms with Gasteiger partial charge in [-0.2, -0.15) is 0 Å². The Morgan fingerprint density at radius 1 is 1.00 bits per heavy atom. The van der Waals surface area contributed by atoms with E-state index in [9.17, 15) is 4.79 Å². The molecule has 1 amide bonds. The molecule has 0 saturated carbocycles. The summed E-state index contributed by atoms with van der Waals surface area (Å²) in [6.45, 7) is 7.84. The van der Waals surface area contributed by atoms with Crippen molar-refractivity contribution >= 4 is 17.3 Å². The average molecular weight is 437 g/mol. The Hall–Kier alpha value is -2.77. The molecule has 3 heterocycles. The maximum absolute atomic E-state index is 12.3. The number of likely N-dealkylation sites (N-methyl/N-ethyl adjacent to an activating group) is 1. The average Bonchev–Trinajstić information content (AvgIpc) is 2.84. The molecular formula is C25H32N4O3. The van der Waals surface area contributed by atoms with Crippen molar-refractivity contribution in [1.82, 2.24) is 4.90 Å². The summed E-state index contributed by atoms with van der Waals surface area (Å²) in [5.74, 6) is 0.661. The minimum atomic E-state index is -0.383. The summed E-state index contributed by atoms with van der Waals surface area (Å²) in [7, 11) is 2.17. The molecule has 2 aromatic carbocycles. The fourth-order valence-corrected chi connectivity index (χ4v) is 5.06. The quantitative estimate of drug-likeness (QED) is 0.792. The van der Waals surface area contributed by atoms with E-state index in [1.807, 2.05) is 12.1 Å². The van der Waals surface area contributed by atoms with Gasteiger partial charge in [0.25, 0.3) is 0 Å². The molecule has 0 aliphatic carbocycles. The first-order valence-electron chi connectivity index (χ1n) is 11.5. The first kappa shape index (κ1) is 21.1. The number of piperazine rings is 1. The predicted octanol–water partition coefficient (Wildman–Crippen LogP) is 2.09. The number of hydrogen-bond donors (Lipinski definition) is 1. The molecule has 0 bridgehead atoms. The third-order valence-corrected chi connectivity index (χ3v) is 6.96. The van der Waals surface area contributed by atoms with Crippen molar-refractivity contribution in [3.05, 3.63) is 53.1 Å². The lowest BCUT2D eigenvalue weighted by Crippen LogP contribution is -2.45. The summed E-state index contributed by atoms with van der Waals surface area (Å²) >= 11 is 0. The number of amides is 1. The Bertz CT molecular complexity index is 981. The maximum Gasteiger partial charge on any atom is 0.248 e. The topological polar surface area (TPSA) is 71.3 Å². The first-order valence-corrected chi connectivity index (χ1v) is 11.5. The van der Waals surface area contributed by atoms with Crippen molar-refractivity contribution in [1.29, 1.82) is 0 Å². The SMILES string of the molecule is CN1CCN(c2cccc3c2CC(c2cc(N4CCOCC4)ccc2C(N)=O)CO3)CC1. The normalized spacial score (nSPS) is 21.7. The van der Waals surface area contributed by atoms with Crippen LogP contribution in [0.15, 0.2) is 36.4 Å². The number of carbonyl (C=O) groups is 1. The highest BCUT2D eigenvalue weighted by atomic mass is 16.5. The summed E-state index contributed by atoms with van der Waals surface area (Å²) in [4.78, 5) is 19.4. The van der Waals surface area contributed by atoms with Gasteiger partial charge in [-0.3, -0.25) is 4.79 Å². The minimum Gasteiger partial charge on any atom is -0.493 e. The highest BCUT2D eigenvalue weighted by Crippen LogP contribution is 2.40. The van der Waals surface area contributed by atoms with Crippen LogP contribution in [0, 0.1) is 0 Å². The molecule has 32 heavy (non-hydrogen) atoms. The van der Waals surface area contributed by atoms with Crippen LogP contribution in [-0.4, -0.2) is 76.9 Å². The number of nitrogens with zero attached hydrogens (tertiary/aromatic N) is 3. The van der Waals surface area contributed by atoms with Gasteiger partial charge in [0.05, 0.1) is 19.8 Å². The van der Waals surface area contributed by atoms with Crippen LogP contribution in [0.25, 0.3) is 0 Å². The van der Waals surface area contributed by atoms with Crippen LogP contribution >= 0.6 is 0 Å². The van der Waals surface area contributed by atoms with E-state index < -0.39 is 0 Å². The number of fused-ring (bicyclic) bond motifs is 1. The largest absolute Gasteiger partial charge is 0.493 e. The molecule has 170 valence electrons. The molecule has 1 atom stereocenters. The number of hydrogen-bond acceptors (Lipinski definition) is 6. The van der Waals surface area contributed by atoms with Crippen LogP contribution in [0.3, 0.4) is 0 Å². The molecule has 2 N–H and O–H groups in total. The van der Waals surface area contributed by atoms with E-state index in [-0.39, 0.29) is 11.8 Å². The van der Waals surface area contributed by atoms with Crippen LogP contribution in [0.2, 0.25) is 0 Å². The fourth-order valence-electron chi connectivity index (χ4n) is 5.06. The third kappa shape index (κ3) is 4.14. The van der Waals surface area contributed by atoms with Gasteiger partial charge in [-0.25, -0.2) is 0 Å². The Balaban J connectivity index is 1.46. The lowest BCUT2D eigenvalue weighted by atomic mass is 9.86. The number of primary amides is 1. The van der Waals surface area contributed by atoms with Crippen LogP contribution in [0.1, 0.15) is 27.4 Å². The van der Waals surface area contributed by atoms with Crippen molar-refractivity contribution in [2.45, 2.75) is 12.3 Å². The number of morpholine rings is 1. The van der Waals surface area contributed by atoms with Crippen molar-refractivity contribution in [3.8, 4) is 5.75 Å². The van der Waals surface area contributed by atoms with E-state index in [0.29, 0.717) is 12.2 Å². The van der Waals surface area contributed by atoms with Gasteiger partial charge in [0, 0.05) is 67.7 Å². The number of nitrogens with two attached hydrogens (primary N) is 1. The Morgan fingerprint density at radius 2 is 1.78 bits per heavy atom. The molecule has 2 saturated heterocycles. The van der Waals surface area contributed by atoms with Gasteiger partial charge in [-0.1, -0.05) is 6.07 Å². The third-order valence-electron chi connectivity index (χ3n) is 6.96. The second-order valence-electron chi connectivity index (χ2n) is 8.99. The van der Waals surface area contributed by atoms with Crippen molar-refractivity contribution in [3.63, 3.8) is 0 Å². The fraction of sp³-hybridized carbons (Fsp3) is 0.480. The minimum absolute atomic E-state index is 0.0830. The molecule has 5 rings (SSSR count). The zero-order valence-electron chi connectivity index (χ0n) is 18.8. The molecule has 7 heteroatoms. The predicted molar refractivity (Wildman–Crippen MR) is 126 cm³/mol. The molecule has 0 aromatic heterocycles. The maximum atomic E-state index is 12.3. The zero-order chi connectivity index (χ0) is 22.1. The number of benzene rings is 2. The van der Waals surface area contributed by atoms with E-state index in [2.05, 4.69) is 46.0 Å². The highest BCUT2D eigenvalue weighted by molar-refractivity contribution is 5.95. The smallest absolute Gasteiger partial charge is 0.248 e. The van der Waals surface area contributed by atoms with E-state index in [1.54, 1.807) is 0 Å². The summed E-state index contributed by atoms with van der Waals surface area (Å²) < 4.78 is 11.7. The lowest BCUT2D eigenvalue weighted by molar-refractivity contribution is 0.0998. The second kappa shape index (κ2) is 9.00.